The van der Waals surface area contributed by atoms with Gasteiger partial charge in [0.25, 0.3) is 0 Å². The third-order valence-electron chi connectivity index (χ3n) is 8.49. The summed E-state index contributed by atoms with van der Waals surface area (Å²) in [6.45, 7) is 24.3. The van der Waals surface area contributed by atoms with Crippen LogP contribution in [0.1, 0.15) is 83.1 Å². The van der Waals surface area contributed by atoms with E-state index >= 15 is 0 Å². The van der Waals surface area contributed by atoms with Gasteiger partial charge >= 0.3 is 0 Å². The van der Waals surface area contributed by atoms with Gasteiger partial charge < -0.3 is 0 Å². The number of hydrogen-bond acceptors (Lipinski definition) is 6. The van der Waals surface area contributed by atoms with Crippen LogP contribution >= 0.6 is 34.8 Å². The topological polar surface area (TPSA) is 83.6 Å². The molecule has 0 atom stereocenters. The minimum atomic E-state index is -0.327. The maximum atomic E-state index is 13.2. The second kappa shape index (κ2) is 14.7. The second-order valence-corrected chi connectivity index (χ2v) is 18.3. The van der Waals surface area contributed by atoms with Crippen LogP contribution in [0.3, 0.4) is 0 Å². The third-order valence-corrected chi connectivity index (χ3v) is 9.41. The Morgan fingerprint density at radius 1 is 0.490 bits per heavy atom. The van der Waals surface area contributed by atoms with E-state index in [1.165, 1.54) is 0 Å². The van der Waals surface area contributed by atoms with Crippen LogP contribution in [0.2, 0.25) is 15.1 Å². The zero-order valence-electron chi connectivity index (χ0n) is 31.6. The lowest BCUT2D eigenvalue weighted by Crippen LogP contribution is -2.27. The van der Waals surface area contributed by atoms with E-state index in [1.807, 2.05) is 113 Å². The lowest BCUT2D eigenvalue weighted by molar-refractivity contribution is -0.114. The summed E-state index contributed by atoms with van der Waals surface area (Å²) >= 11 is 20.0. The fourth-order valence-electron chi connectivity index (χ4n) is 5.59. The molecule has 0 radical (unpaired) electrons. The van der Waals surface area contributed by atoms with Crippen molar-refractivity contribution in [3.8, 4) is 11.1 Å². The van der Waals surface area contributed by atoms with E-state index in [2.05, 4.69) is 20.5 Å². The number of Topliss-reactive ketones (excluding diaryl/α,β-unsaturated/α-hetero) is 2. The van der Waals surface area contributed by atoms with Crippen molar-refractivity contribution < 1.29 is 9.59 Å². The maximum absolute atomic E-state index is 13.2. The highest BCUT2D eigenvalue weighted by Crippen LogP contribution is 2.42. The molecule has 0 saturated carbocycles. The number of hydrogen-bond donors (Lipinski definition) is 0. The Bertz CT molecular complexity index is 1960. The highest BCUT2D eigenvalue weighted by molar-refractivity contribution is 6.37. The zero-order chi connectivity index (χ0) is 38.3. The SMILES string of the molecule is CC(C)(C)C1=CC(=C/N=N/c2ccc(-c3cc(Cl)c(/N=N/C=C4C=C(C(C)(C)C)C(=O)C(C(C)(C)C)=C4)cc3Cl)cc2Cl)C=C(C(C)(C)C)C1=O. The summed E-state index contributed by atoms with van der Waals surface area (Å²) in [6.07, 6.45) is 10.8. The van der Waals surface area contributed by atoms with Gasteiger partial charge in [-0.05, 0) is 86.9 Å². The van der Waals surface area contributed by atoms with Crippen LogP contribution in [0, 0.1) is 21.7 Å². The molecule has 0 amide bonds. The Kier molecular flexibility index (Phi) is 11.6. The summed E-state index contributed by atoms with van der Waals surface area (Å²) in [7, 11) is 0. The largest absolute Gasteiger partial charge is 0.289 e. The number of rotatable bonds is 5. The molecule has 2 aromatic carbocycles. The third kappa shape index (κ3) is 9.59. The molecule has 0 aliphatic heterocycles. The summed E-state index contributed by atoms with van der Waals surface area (Å²) in [5.41, 5.74) is 5.48. The highest BCUT2D eigenvalue weighted by Gasteiger charge is 2.35. The molecule has 6 nitrogen and oxygen atoms in total. The van der Waals surface area contributed by atoms with Gasteiger partial charge in [0, 0.05) is 27.9 Å². The van der Waals surface area contributed by atoms with Crippen LogP contribution in [0.15, 0.2) is 121 Å². The van der Waals surface area contributed by atoms with Crippen molar-refractivity contribution in [3.05, 3.63) is 116 Å². The molecule has 0 aromatic heterocycles. The number of azo groups is 2. The van der Waals surface area contributed by atoms with E-state index in [0.717, 1.165) is 39.0 Å². The summed E-state index contributed by atoms with van der Waals surface area (Å²) in [5.74, 6) is 0.118. The van der Waals surface area contributed by atoms with E-state index in [4.69, 9.17) is 34.8 Å². The molecule has 0 unspecified atom stereocenters. The smallest absolute Gasteiger partial charge is 0.186 e. The van der Waals surface area contributed by atoms with Gasteiger partial charge in [-0.25, -0.2) is 0 Å². The first-order valence-corrected chi connectivity index (χ1v) is 18.0. The van der Waals surface area contributed by atoms with Crippen molar-refractivity contribution >= 4 is 57.7 Å². The van der Waals surface area contributed by atoms with Crippen LogP contribution in [-0.2, 0) is 9.59 Å². The predicted molar refractivity (Wildman–Crippen MR) is 212 cm³/mol. The molecule has 4 rings (SSSR count). The number of ketones is 2. The lowest BCUT2D eigenvalue weighted by atomic mass is 9.72. The molecular weight excluding hydrogens is 699 g/mol. The summed E-state index contributed by atoms with van der Waals surface area (Å²) in [4.78, 5) is 26.5. The van der Waals surface area contributed by atoms with Crippen molar-refractivity contribution in [2.24, 2.45) is 42.1 Å². The standard InChI is InChI=1S/C42H47Cl3N4O2/c1-39(2,3)28-15-24(16-29(37(28)50)40(4,5)6)22-46-48-35-14-13-26(19-33(35)44)27-20-34(45)36(21-32(27)43)49-47-23-25-17-30(41(7,8)9)38(51)31(18-25)42(10,11)12/h13-23H,1-12H3/b48-46+,49-47+. The van der Waals surface area contributed by atoms with Gasteiger partial charge in [-0.1, -0.05) is 124 Å². The summed E-state index contributed by atoms with van der Waals surface area (Å²) in [6, 6.07) is 8.73. The maximum Gasteiger partial charge on any atom is 0.186 e. The van der Waals surface area contributed by atoms with Gasteiger partial charge in [0.1, 0.15) is 11.4 Å². The highest BCUT2D eigenvalue weighted by atomic mass is 35.5. The van der Waals surface area contributed by atoms with Crippen LogP contribution in [-0.4, -0.2) is 11.6 Å². The van der Waals surface area contributed by atoms with Gasteiger partial charge in [0.05, 0.1) is 27.5 Å². The Balaban J connectivity index is 1.59. The first kappa shape index (κ1) is 40.1. The first-order valence-electron chi connectivity index (χ1n) is 16.9. The number of nitrogens with zero attached hydrogens (tertiary/aromatic N) is 4. The first-order chi connectivity index (χ1) is 23.4. The number of benzene rings is 2. The Labute approximate surface area is 317 Å². The average Bonchev–Trinajstić information content (AvgIpc) is 2.98. The monoisotopic (exact) mass is 744 g/mol. The average molecular weight is 746 g/mol. The number of allylic oxidation sites excluding steroid dienone is 10. The molecular formula is C42H47Cl3N4O2. The molecule has 0 fully saturated rings. The fraction of sp³-hybridized carbons (Fsp3) is 0.381. The molecule has 2 aromatic rings. The molecule has 0 N–H and O–H groups in total. The van der Waals surface area contributed by atoms with Crippen molar-refractivity contribution in [3.63, 3.8) is 0 Å². The quantitative estimate of drug-likeness (QED) is 0.285. The van der Waals surface area contributed by atoms with Gasteiger partial charge in [-0.15, -0.1) is 10.2 Å². The number of carbonyl (C=O) groups excluding carboxylic acids is 2. The van der Waals surface area contributed by atoms with Crippen molar-refractivity contribution in [2.75, 3.05) is 0 Å². The molecule has 0 bridgehead atoms. The molecule has 0 spiro atoms. The fourth-order valence-corrected chi connectivity index (χ4v) is 6.27. The van der Waals surface area contributed by atoms with Crippen LogP contribution in [0.25, 0.3) is 11.1 Å². The molecule has 268 valence electrons. The lowest BCUT2D eigenvalue weighted by Gasteiger charge is -2.31. The molecule has 2 aliphatic carbocycles. The number of halogens is 3. The molecule has 0 heterocycles. The van der Waals surface area contributed by atoms with Gasteiger partial charge in [0.15, 0.2) is 11.6 Å². The van der Waals surface area contributed by atoms with Crippen molar-refractivity contribution in [1.29, 1.82) is 0 Å². The normalized spacial score (nSPS) is 16.5. The summed E-state index contributed by atoms with van der Waals surface area (Å²) < 4.78 is 0. The van der Waals surface area contributed by atoms with Gasteiger partial charge in [-0.2, -0.15) is 10.2 Å². The molecule has 2 aliphatic rings. The van der Waals surface area contributed by atoms with E-state index in [1.54, 1.807) is 36.7 Å². The number of carbonyl (C=O) groups is 2. The Morgan fingerprint density at radius 2 is 0.863 bits per heavy atom. The van der Waals surface area contributed by atoms with E-state index in [-0.39, 0.29) is 33.2 Å². The Morgan fingerprint density at radius 3 is 1.24 bits per heavy atom. The van der Waals surface area contributed by atoms with E-state index < -0.39 is 0 Å². The van der Waals surface area contributed by atoms with Crippen molar-refractivity contribution in [1.82, 2.24) is 0 Å². The van der Waals surface area contributed by atoms with Crippen LogP contribution in [0.5, 0.6) is 0 Å². The molecule has 51 heavy (non-hydrogen) atoms. The molecule has 9 heteroatoms. The van der Waals surface area contributed by atoms with E-state index in [9.17, 15) is 9.59 Å². The van der Waals surface area contributed by atoms with Gasteiger partial charge in [0.2, 0.25) is 0 Å². The van der Waals surface area contributed by atoms with Gasteiger partial charge in [-0.3, -0.25) is 9.59 Å². The Hall–Kier alpha value is -3.71. The van der Waals surface area contributed by atoms with Crippen molar-refractivity contribution in [2.45, 2.75) is 83.1 Å². The second-order valence-electron chi connectivity index (χ2n) is 17.0. The minimum Gasteiger partial charge on any atom is -0.289 e. The van der Waals surface area contributed by atoms with Crippen LogP contribution < -0.4 is 0 Å². The van der Waals surface area contributed by atoms with Crippen LogP contribution in [0.4, 0.5) is 11.4 Å². The van der Waals surface area contributed by atoms with E-state index in [0.29, 0.717) is 32.0 Å². The summed E-state index contributed by atoms with van der Waals surface area (Å²) in [5, 5.41) is 18.4. The minimum absolute atomic E-state index is 0.0560. The molecule has 0 saturated heterocycles. The zero-order valence-corrected chi connectivity index (χ0v) is 33.9. The predicted octanol–water partition coefficient (Wildman–Crippen LogP) is 14.3.